The van der Waals surface area contributed by atoms with Crippen LogP contribution in [0.1, 0.15) is 61.3 Å². The first-order valence-corrected chi connectivity index (χ1v) is 8.70. The number of hydrogen-bond donors (Lipinski definition) is 1. The molecule has 1 atom stereocenters. The summed E-state index contributed by atoms with van der Waals surface area (Å²) in [4.78, 5) is 30.8. The lowest BCUT2D eigenvalue weighted by Crippen LogP contribution is -2.49. The number of amides is 2. The van der Waals surface area contributed by atoms with Gasteiger partial charge in [0, 0.05) is 31.7 Å². The van der Waals surface area contributed by atoms with Crippen molar-refractivity contribution in [1.82, 2.24) is 20.4 Å². The summed E-state index contributed by atoms with van der Waals surface area (Å²) in [6, 6.07) is 1.85. The minimum absolute atomic E-state index is 0.000619. The molecule has 3 heterocycles. The van der Waals surface area contributed by atoms with Gasteiger partial charge in [-0.3, -0.25) is 9.59 Å². The van der Waals surface area contributed by atoms with E-state index in [-0.39, 0.29) is 23.8 Å². The van der Waals surface area contributed by atoms with Crippen LogP contribution in [-0.4, -0.2) is 46.0 Å². The van der Waals surface area contributed by atoms with Crippen LogP contribution in [-0.2, 0) is 4.79 Å². The Morgan fingerprint density at radius 1 is 1.40 bits per heavy atom. The summed E-state index contributed by atoms with van der Waals surface area (Å²) < 4.78 is 5.30. The van der Waals surface area contributed by atoms with Crippen molar-refractivity contribution in [2.75, 3.05) is 13.1 Å². The van der Waals surface area contributed by atoms with Gasteiger partial charge in [-0.2, -0.15) is 0 Å². The Morgan fingerprint density at radius 2 is 2.16 bits per heavy atom. The number of nitrogens with zero attached hydrogens (tertiary/aromatic N) is 3. The highest BCUT2D eigenvalue weighted by Crippen LogP contribution is 2.27. The minimum Gasteiger partial charge on any atom is -0.352 e. The number of likely N-dealkylation sites (tertiary alicyclic amines) is 1. The van der Waals surface area contributed by atoms with E-state index in [9.17, 15) is 9.59 Å². The summed E-state index contributed by atoms with van der Waals surface area (Å²) in [5.74, 6) is 0.0491. The predicted octanol–water partition coefficient (Wildman–Crippen LogP) is 2.40. The zero-order valence-corrected chi connectivity index (χ0v) is 15.1. The van der Waals surface area contributed by atoms with Crippen LogP contribution in [0.5, 0.6) is 0 Å². The van der Waals surface area contributed by atoms with E-state index < -0.39 is 0 Å². The molecule has 1 fully saturated rings. The normalized spacial score (nSPS) is 18.0. The van der Waals surface area contributed by atoms with Gasteiger partial charge in [0.15, 0.2) is 0 Å². The van der Waals surface area contributed by atoms with Crippen molar-refractivity contribution in [3.05, 3.63) is 23.0 Å². The SMILES string of the molecule is CC(=O)NC1CCCN(C(=O)c2cc(C(C)C)nc3onc(C)c23)C1. The van der Waals surface area contributed by atoms with Crippen LogP contribution in [0, 0.1) is 6.92 Å². The summed E-state index contributed by atoms with van der Waals surface area (Å²) in [7, 11) is 0. The summed E-state index contributed by atoms with van der Waals surface area (Å²) in [5.41, 5.74) is 2.46. The van der Waals surface area contributed by atoms with Crippen LogP contribution >= 0.6 is 0 Å². The zero-order chi connectivity index (χ0) is 18.1. The molecule has 2 aromatic heterocycles. The second kappa shape index (κ2) is 6.82. The summed E-state index contributed by atoms with van der Waals surface area (Å²) in [6.07, 6.45) is 1.75. The molecule has 0 aliphatic carbocycles. The molecule has 0 aromatic carbocycles. The molecule has 25 heavy (non-hydrogen) atoms. The van der Waals surface area contributed by atoms with Crippen molar-refractivity contribution in [2.45, 2.75) is 52.5 Å². The highest BCUT2D eigenvalue weighted by molar-refractivity contribution is 6.06. The van der Waals surface area contributed by atoms with Crippen LogP contribution < -0.4 is 5.32 Å². The molecule has 0 radical (unpaired) electrons. The van der Waals surface area contributed by atoms with E-state index in [0.717, 1.165) is 18.5 Å². The second-order valence-electron chi connectivity index (χ2n) is 6.99. The Labute approximate surface area is 146 Å². The molecule has 1 aliphatic heterocycles. The largest absolute Gasteiger partial charge is 0.352 e. The Hall–Kier alpha value is -2.44. The van der Waals surface area contributed by atoms with Crippen LogP contribution in [0.15, 0.2) is 10.6 Å². The second-order valence-corrected chi connectivity index (χ2v) is 6.99. The topological polar surface area (TPSA) is 88.3 Å². The molecular formula is C18H24N4O3. The number of aromatic nitrogens is 2. The smallest absolute Gasteiger partial charge is 0.259 e. The van der Waals surface area contributed by atoms with Gasteiger partial charge in [0.25, 0.3) is 11.6 Å². The van der Waals surface area contributed by atoms with Crippen molar-refractivity contribution < 1.29 is 14.1 Å². The summed E-state index contributed by atoms with van der Waals surface area (Å²) in [5, 5.41) is 7.57. The molecule has 1 unspecified atom stereocenters. The van der Waals surface area contributed by atoms with Gasteiger partial charge >= 0.3 is 0 Å². The molecule has 0 saturated carbocycles. The molecule has 2 amide bonds. The fraction of sp³-hybridized carbons (Fsp3) is 0.556. The maximum absolute atomic E-state index is 13.2. The monoisotopic (exact) mass is 344 g/mol. The Kier molecular flexibility index (Phi) is 4.74. The number of hydrogen-bond acceptors (Lipinski definition) is 5. The third-order valence-electron chi connectivity index (χ3n) is 4.57. The van der Waals surface area contributed by atoms with Gasteiger partial charge in [0.05, 0.1) is 16.6 Å². The van der Waals surface area contributed by atoms with E-state index in [1.165, 1.54) is 6.92 Å². The molecule has 134 valence electrons. The molecule has 7 heteroatoms. The zero-order valence-electron chi connectivity index (χ0n) is 15.1. The van der Waals surface area contributed by atoms with Crippen molar-refractivity contribution in [1.29, 1.82) is 0 Å². The molecule has 7 nitrogen and oxygen atoms in total. The Balaban J connectivity index is 1.95. The number of nitrogens with one attached hydrogen (secondary N) is 1. The molecule has 0 spiro atoms. The van der Waals surface area contributed by atoms with Crippen molar-refractivity contribution in [2.24, 2.45) is 0 Å². The highest BCUT2D eigenvalue weighted by Gasteiger charge is 2.28. The van der Waals surface area contributed by atoms with Crippen LogP contribution in [0.3, 0.4) is 0 Å². The van der Waals surface area contributed by atoms with E-state index in [1.54, 1.807) is 4.90 Å². The van der Waals surface area contributed by atoms with E-state index >= 15 is 0 Å². The standard InChI is InChI=1S/C18H24N4O3/c1-10(2)15-8-14(16-11(3)21-25-17(16)20-15)18(24)22-7-5-6-13(9-22)19-12(4)23/h8,10,13H,5-7,9H2,1-4H3,(H,19,23). The first kappa shape index (κ1) is 17.4. The van der Waals surface area contributed by atoms with Gasteiger partial charge in [-0.15, -0.1) is 0 Å². The fourth-order valence-corrected chi connectivity index (χ4v) is 3.32. The van der Waals surface area contributed by atoms with E-state index in [4.69, 9.17) is 4.52 Å². The highest BCUT2D eigenvalue weighted by atomic mass is 16.5. The van der Waals surface area contributed by atoms with Crippen LogP contribution in [0.4, 0.5) is 0 Å². The Bertz CT molecular complexity index is 812. The van der Waals surface area contributed by atoms with Gasteiger partial charge in [-0.05, 0) is 31.7 Å². The number of rotatable bonds is 3. The van der Waals surface area contributed by atoms with Gasteiger partial charge in [0.1, 0.15) is 0 Å². The van der Waals surface area contributed by atoms with E-state index in [2.05, 4.69) is 15.5 Å². The lowest BCUT2D eigenvalue weighted by molar-refractivity contribution is -0.120. The third-order valence-corrected chi connectivity index (χ3v) is 4.57. The van der Waals surface area contributed by atoms with Gasteiger partial charge < -0.3 is 14.7 Å². The maximum atomic E-state index is 13.2. The summed E-state index contributed by atoms with van der Waals surface area (Å²) in [6.45, 7) is 8.57. The number of carbonyl (C=O) groups is 2. The lowest BCUT2D eigenvalue weighted by atomic mass is 10.0. The summed E-state index contributed by atoms with van der Waals surface area (Å²) >= 11 is 0. The maximum Gasteiger partial charge on any atom is 0.259 e. The van der Waals surface area contributed by atoms with Gasteiger partial charge in [-0.1, -0.05) is 19.0 Å². The average Bonchev–Trinajstić information content (AvgIpc) is 2.94. The van der Waals surface area contributed by atoms with Gasteiger partial charge in [-0.25, -0.2) is 4.98 Å². The molecule has 1 N–H and O–H groups in total. The Morgan fingerprint density at radius 3 is 2.84 bits per heavy atom. The molecular weight excluding hydrogens is 320 g/mol. The fourth-order valence-electron chi connectivity index (χ4n) is 3.32. The lowest BCUT2D eigenvalue weighted by Gasteiger charge is -2.33. The van der Waals surface area contributed by atoms with E-state index in [0.29, 0.717) is 35.4 Å². The first-order chi connectivity index (χ1) is 11.9. The average molecular weight is 344 g/mol. The quantitative estimate of drug-likeness (QED) is 0.923. The molecule has 1 aliphatic rings. The number of fused-ring (bicyclic) bond motifs is 1. The van der Waals surface area contributed by atoms with Gasteiger partial charge in [0.2, 0.25) is 5.91 Å². The van der Waals surface area contributed by atoms with Crippen molar-refractivity contribution >= 4 is 22.9 Å². The predicted molar refractivity (Wildman–Crippen MR) is 93.4 cm³/mol. The third kappa shape index (κ3) is 3.50. The number of pyridine rings is 1. The van der Waals surface area contributed by atoms with Crippen molar-refractivity contribution in [3.8, 4) is 0 Å². The number of aryl methyl sites for hydroxylation is 1. The molecule has 3 rings (SSSR count). The number of piperidine rings is 1. The van der Waals surface area contributed by atoms with E-state index in [1.807, 2.05) is 26.8 Å². The molecule has 2 aromatic rings. The first-order valence-electron chi connectivity index (χ1n) is 8.70. The molecule has 1 saturated heterocycles. The minimum atomic E-state index is -0.0671. The van der Waals surface area contributed by atoms with Crippen molar-refractivity contribution in [3.63, 3.8) is 0 Å². The van der Waals surface area contributed by atoms with Crippen LogP contribution in [0.25, 0.3) is 11.1 Å². The van der Waals surface area contributed by atoms with Crippen LogP contribution in [0.2, 0.25) is 0 Å². The molecule has 0 bridgehead atoms. The number of carbonyl (C=O) groups excluding carboxylic acids is 2.